The number of nitrogens with zero attached hydrogens (tertiary/aromatic N) is 2. The third-order valence-corrected chi connectivity index (χ3v) is 2.97. The Hall–Kier alpha value is -2.55. The molecule has 2 nitrogen and oxygen atoms in total. The summed E-state index contributed by atoms with van der Waals surface area (Å²) >= 11 is 0. The fraction of sp³-hybridized carbons (Fsp3) is 0. The summed E-state index contributed by atoms with van der Waals surface area (Å²) in [5.74, 6) is -0.236. The van der Waals surface area contributed by atoms with Crippen LogP contribution < -0.4 is 0 Å². The zero-order valence-corrected chi connectivity index (χ0v) is 10.1. The third-order valence-electron chi connectivity index (χ3n) is 2.97. The van der Waals surface area contributed by atoms with Gasteiger partial charge in [0.2, 0.25) is 0 Å². The predicted octanol–water partition coefficient (Wildman–Crippen LogP) is 3.95. The van der Waals surface area contributed by atoms with Gasteiger partial charge in [-0.15, -0.1) is 0 Å². The maximum atomic E-state index is 14.2. The van der Waals surface area contributed by atoms with E-state index in [4.69, 9.17) is 0 Å². The lowest BCUT2D eigenvalue weighted by Crippen LogP contribution is -1.87. The first kappa shape index (κ1) is 11.5. The number of benzene rings is 1. The monoisotopic (exact) mass is 250 g/mol. The number of rotatable bonds is 2. The number of pyridine rings is 2. The molecule has 0 fully saturated rings. The molecule has 0 saturated heterocycles. The highest BCUT2D eigenvalue weighted by molar-refractivity contribution is 5.70. The summed E-state index contributed by atoms with van der Waals surface area (Å²) in [6.45, 7) is 0. The Labute approximate surface area is 110 Å². The Kier molecular flexibility index (Phi) is 3.02. The van der Waals surface area contributed by atoms with E-state index >= 15 is 0 Å². The maximum Gasteiger partial charge on any atom is 0.131 e. The molecule has 0 unspecified atom stereocenters. The van der Waals surface area contributed by atoms with Crippen LogP contribution in [0.15, 0.2) is 67.3 Å². The summed E-state index contributed by atoms with van der Waals surface area (Å²) in [5, 5.41) is 0. The third kappa shape index (κ3) is 2.36. The Morgan fingerprint density at radius 1 is 0.632 bits per heavy atom. The molecular weight excluding hydrogens is 239 g/mol. The van der Waals surface area contributed by atoms with Crippen molar-refractivity contribution in [2.24, 2.45) is 0 Å². The van der Waals surface area contributed by atoms with Gasteiger partial charge in [0.1, 0.15) is 5.82 Å². The molecule has 0 aliphatic rings. The summed E-state index contributed by atoms with van der Waals surface area (Å²) < 4.78 is 14.2. The van der Waals surface area contributed by atoms with E-state index in [1.807, 2.05) is 18.2 Å². The molecule has 0 aliphatic carbocycles. The van der Waals surface area contributed by atoms with Gasteiger partial charge in [-0.2, -0.15) is 0 Å². The molecule has 0 amide bonds. The minimum Gasteiger partial charge on any atom is -0.265 e. The standard InChI is InChI=1S/C16H11FN2/c17-16-11-14(12-3-7-18-8-4-12)1-2-15(16)13-5-9-19-10-6-13/h1-11H. The van der Waals surface area contributed by atoms with E-state index in [1.54, 1.807) is 49.1 Å². The van der Waals surface area contributed by atoms with Gasteiger partial charge in [0.15, 0.2) is 0 Å². The van der Waals surface area contributed by atoms with Crippen LogP contribution in [0.3, 0.4) is 0 Å². The summed E-state index contributed by atoms with van der Waals surface area (Å²) in [7, 11) is 0. The van der Waals surface area contributed by atoms with Crippen LogP contribution in [0.25, 0.3) is 22.3 Å². The summed E-state index contributed by atoms with van der Waals surface area (Å²) in [6.07, 6.45) is 6.71. The maximum absolute atomic E-state index is 14.2. The van der Waals surface area contributed by atoms with E-state index in [2.05, 4.69) is 9.97 Å². The van der Waals surface area contributed by atoms with Crippen LogP contribution >= 0.6 is 0 Å². The van der Waals surface area contributed by atoms with Gasteiger partial charge in [-0.3, -0.25) is 9.97 Å². The van der Waals surface area contributed by atoms with E-state index in [9.17, 15) is 4.39 Å². The molecule has 0 atom stereocenters. The first-order chi connectivity index (χ1) is 9.34. The molecular formula is C16H11FN2. The van der Waals surface area contributed by atoms with Crippen molar-refractivity contribution in [3.05, 3.63) is 73.1 Å². The van der Waals surface area contributed by atoms with E-state index in [0.29, 0.717) is 5.56 Å². The van der Waals surface area contributed by atoms with Crippen LogP contribution in [0.2, 0.25) is 0 Å². The molecule has 1 aromatic carbocycles. The molecule has 19 heavy (non-hydrogen) atoms. The Morgan fingerprint density at radius 3 is 1.79 bits per heavy atom. The van der Waals surface area contributed by atoms with E-state index < -0.39 is 0 Å². The molecule has 0 radical (unpaired) electrons. The summed E-state index contributed by atoms with van der Waals surface area (Å²) in [5.41, 5.74) is 3.21. The van der Waals surface area contributed by atoms with Crippen molar-refractivity contribution in [3.63, 3.8) is 0 Å². The topological polar surface area (TPSA) is 25.8 Å². The lowest BCUT2D eigenvalue weighted by atomic mass is 10.0. The molecule has 2 aromatic heterocycles. The highest BCUT2D eigenvalue weighted by atomic mass is 19.1. The van der Waals surface area contributed by atoms with Gasteiger partial charge in [0.05, 0.1) is 0 Å². The summed E-state index contributed by atoms with van der Waals surface area (Å²) in [4.78, 5) is 7.89. The summed E-state index contributed by atoms with van der Waals surface area (Å²) in [6, 6.07) is 12.6. The van der Waals surface area contributed by atoms with Crippen molar-refractivity contribution >= 4 is 0 Å². The van der Waals surface area contributed by atoms with Gasteiger partial charge in [0.25, 0.3) is 0 Å². The van der Waals surface area contributed by atoms with Crippen molar-refractivity contribution < 1.29 is 4.39 Å². The fourth-order valence-electron chi connectivity index (χ4n) is 2.00. The average Bonchev–Trinajstić information content (AvgIpc) is 2.49. The van der Waals surface area contributed by atoms with E-state index in [1.165, 1.54) is 0 Å². The molecule has 3 aromatic rings. The van der Waals surface area contributed by atoms with Gasteiger partial charge in [-0.1, -0.05) is 12.1 Å². The van der Waals surface area contributed by atoms with Crippen LogP contribution in [0.1, 0.15) is 0 Å². The van der Waals surface area contributed by atoms with Crippen molar-refractivity contribution in [3.8, 4) is 22.3 Å². The SMILES string of the molecule is Fc1cc(-c2ccncc2)ccc1-c1ccncc1. The molecule has 3 rings (SSSR count). The van der Waals surface area contributed by atoms with Gasteiger partial charge < -0.3 is 0 Å². The molecule has 3 heteroatoms. The highest BCUT2D eigenvalue weighted by Crippen LogP contribution is 2.27. The van der Waals surface area contributed by atoms with Crippen LogP contribution in [-0.4, -0.2) is 9.97 Å². The zero-order valence-electron chi connectivity index (χ0n) is 10.1. The van der Waals surface area contributed by atoms with Crippen LogP contribution in [0, 0.1) is 5.82 Å². The molecule has 2 heterocycles. The molecule has 0 bridgehead atoms. The van der Waals surface area contributed by atoms with Crippen molar-refractivity contribution in [2.45, 2.75) is 0 Å². The van der Waals surface area contributed by atoms with Crippen LogP contribution in [0.4, 0.5) is 4.39 Å². The largest absolute Gasteiger partial charge is 0.265 e. The lowest BCUT2D eigenvalue weighted by molar-refractivity contribution is 0.632. The first-order valence-electron chi connectivity index (χ1n) is 5.95. The second-order valence-corrected chi connectivity index (χ2v) is 4.17. The Balaban J connectivity index is 2.04. The Bertz CT molecular complexity index is 682. The van der Waals surface area contributed by atoms with E-state index in [-0.39, 0.29) is 5.82 Å². The smallest absolute Gasteiger partial charge is 0.131 e. The minimum absolute atomic E-state index is 0.236. The normalized spacial score (nSPS) is 10.4. The van der Waals surface area contributed by atoms with Crippen molar-refractivity contribution in [1.82, 2.24) is 9.97 Å². The number of hydrogen-bond donors (Lipinski definition) is 0. The van der Waals surface area contributed by atoms with Crippen molar-refractivity contribution in [1.29, 1.82) is 0 Å². The number of aromatic nitrogens is 2. The van der Waals surface area contributed by atoms with Crippen LogP contribution in [-0.2, 0) is 0 Å². The number of halogens is 1. The highest BCUT2D eigenvalue weighted by Gasteiger charge is 2.06. The predicted molar refractivity (Wildman–Crippen MR) is 72.9 cm³/mol. The molecule has 0 spiro atoms. The van der Waals surface area contributed by atoms with Crippen molar-refractivity contribution in [2.75, 3.05) is 0 Å². The van der Waals surface area contributed by atoms with Gasteiger partial charge in [-0.25, -0.2) is 4.39 Å². The molecule has 92 valence electrons. The second kappa shape index (κ2) is 4.98. The average molecular weight is 250 g/mol. The van der Waals surface area contributed by atoms with Gasteiger partial charge in [-0.05, 0) is 47.0 Å². The molecule has 0 N–H and O–H groups in total. The lowest BCUT2D eigenvalue weighted by Gasteiger charge is -2.06. The fourth-order valence-corrected chi connectivity index (χ4v) is 2.00. The van der Waals surface area contributed by atoms with Gasteiger partial charge >= 0.3 is 0 Å². The zero-order chi connectivity index (χ0) is 13.1. The quantitative estimate of drug-likeness (QED) is 0.688. The molecule has 0 aliphatic heterocycles. The number of hydrogen-bond acceptors (Lipinski definition) is 2. The molecule has 0 saturated carbocycles. The Morgan fingerprint density at radius 2 is 1.21 bits per heavy atom. The second-order valence-electron chi connectivity index (χ2n) is 4.17. The van der Waals surface area contributed by atoms with E-state index in [0.717, 1.165) is 16.7 Å². The minimum atomic E-state index is -0.236. The van der Waals surface area contributed by atoms with Gasteiger partial charge in [0, 0.05) is 30.4 Å². The van der Waals surface area contributed by atoms with Crippen LogP contribution in [0.5, 0.6) is 0 Å². The first-order valence-corrected chi connectivity index (χ1v) is 5.95.